The standard InChI is InChI=1S/C17H15F3N2O3/c1-9(23)13-14(21-15(24)22-16(13,25)17(18,19)20)12-8-4-6-10-5-2-3-7-11(10)12/h2-8,13-14,25H,1H3,(H2,21,22,24)/t13-,14+,16+/m0/s1. The van der Waals surface area contributed by atoms with E-state index in [1.165, 1.54) is 11.4 Å². The van der Waals surface area contributed by atoms with Gasteiger partial charge in [0.15, 0.2) is 0 Å². The van der Waals surface area contributed by atoms with E-state index in [0.29, 0.717) is 10.9 Å². The predicted molar refractivity (Wildman–Crippen MR) is 83.5 cm³/mol. The number of ketones is 1. The van der Waals surface area contributed by atoms with Crippen LogP contribution in [-0.2, 0) is 4.79 Å². The fraction of sp³-hybridized carbons (Fsp3) is 0.294. The van der Waals surface area contributed by atoms with E-state index < -0.39 is 35.7 Å². The van der Waals surface area contributed by atoms with Gasteiger partial charge in [-0.15, -0.1) is 0 Å². The number of alkyl halides is 3. The molecule has 1 heterocycles. The third-order valence-electron chi connectivity index (χ3n) is 4.40. The molecule has 2 amide bonds. The van der Waals surface area contributed by atoms with Crippen LogP contribution < -0.4 is 10.6 Å². The van der Waals surface area contributed by atoms with Gasteiger partial charge in [0.05, 0.1) is 12.0 Å². The molecule has 2 aromatic rings. The minimum atomic E-state index is -5.22. The zero-order chi connectivity index (χ0) is 18.4. The number of nitrogens with one attached hydrogen (secondary N) is 2. The maximum absolute atomic E-state index is 13.5. The maximum atomic E-state index is 13.5. The Bertz CT molecular complexity index is 847. The average Bonchev–Trinajstić information content (AvgIpc) is 2.52. The van der Waals surface area contributed by atoms with Crippen molar-refractivity contribution in [1.82, 2.24) is 10.6 Å². The van der Waals surface area contributed by atoms with E-state index in [2.05, 4.69) is 5.32 Å². The van der Waals surface area contributed by atoms with Crippen LogP contribution in [0.4, 0.5) is 18.0 Å². The molecule has 1 saturated heterocycles. The minimum absolute atomic E-state index is 0.329. The summed E-state index contributed by atoms with van der Waals surface area (Å²) < 4.78 is 40.4. The first-order valence-electron chi connectivity index (χ1n) is 7.51. The van der Waals surface area contributed by atoms with Crippen molar-refractivity contribution in [3.8, 4) is 0 Å². The van der Waals surface area contributed by atoms with Gasteiger partial charge in [0.2, 0.25) is 5.72 Å². The molecule has 0 aromatic heterocycles. The largest absolute Gasteiger partial charge is 0.437 e. The average molecular weight is 352 g/mol. The van der Waals surface area contributed by atoms with Crippen LogP contribution in [0.2, 0.25) is 0 Å². The number of hydrogen-bond donors (Lipinski definition) is 3. The summed E-state index contributed by atoms with van der Waals surface area (Å²) in [7, 11) is 0. The summed E-state index contributed by atoms with van der Waals surface area (Å²) in [5.74, 6) is -2.83. The number of carbonyl (C=O) groups excluding carboxylic acids is 2. The molecular weight excluding hydrogens is 337 g/mol. The lowest BCUT2D eigenvalue weighted by molar-refractivity contribution is -0.290. The van der Waals surface area contributed by atoms with Gasteiger partial charge in [-0.2, -0.15) is 13.2 Å². The van der Waals surface area contributed by atoms with Gasteiger partial charge in [-0.05, 0) is 23.3 Å². The van der Waals surface area contributed by atoms with Crippen molar-refractivity contribution in [3.63, 3.8) is 0 Å². The van der Waals surface area contributed by atoms with Crippen molar-refractivity contribution in [2.45, 2.75) is 24.9 Å². The molecule has 5 nitrogen and oxygen atoms in total. The SMILES string of the molecule is CC(=O)[C@H]1[C@@H](c2cccc3ccccc23)NC(=O)N[C@]1(O)C(F)(F)F. The summed E-state index contributed by atoms with van der Waals surface area (Å²) in [5, 5.41) is 15.4. The van der Waals surface area contributed by atoms with Gasteiger partial charge in [-0.25, -0.2) is 4.79 Å². The number of carbonyl (C=O) groups is 2. The van der Waals surface area contributed by atoms with E-state index in [1.807, 2.05) is 0 Å². The van der Waals surface area contributed by atoms with Gasteiger partial charge >= 0.3 is 12.2 Å². The van der Waals surface area contributed by atoms with Crippen molar-refractivity contribution in [3.05, 3.63) is 48.0 Å². The zero-order valence-corrected chi connectivity index (χ0v) is 13.1. The van der Waals surface area contributed by atoms with Crippen LogP contribution in [-0.4, -0.2) is 28.8 Å². The molecular formula is C17H15F3N2O3. The molecule has 0 saturated carbocycles. The Morgan fingerprint density at radius 3 is 2.44 bits per heavy atom. The number of Topliss-reactive ketones (excluding diaryl/α,β-unsaturated/α-hetero) is 1. The predicted octanol–water partition coefficient (Wildman–Crippen LogP) is 2.65. The molecule has 25 heavy (non-hydrogen) atoms. The number of urea groups is 1. The Morgan fingerprint density at radius 1 is 1.16 bits per heavy atom. The molecule has 132 valence electrons. The number of rotatable bonds is 2. The molecule has 2 aromatic carbocycles. The number of aliphatic hydroxyl groups is 1. The van der Waals surface area contributed by atoms with Crippen molar-refractivity contribution in [1.29, 1.82) is 0 Å². The van der Waals surface area contributed by atoms with Crippen LogP contribution in [0.15, 0.2) is 42.5 Å². The first-order chi connectivity index (χ1) is 11.6. The highest BCUT2D eigenvalue weighted by atomic mass is 19.4. The van der Waals surface area contributed by atoms with Crippen molar-refractivity contribution >= 4 is 22.6 Å². The number of amides is 2. The van der Waals surface area contributed by atoms with Gasteiger partial charge in [0.1, 0.15) is 5.78 Å². The summed E-state index contributed by atoms with van der Waals surface area (Å²) in [6, 6.07) is 9.30. The lowest BCUT2D eigenvalue weighted by Crippen LogP contribution is -2.72. The topological polar surface area (TPSA) is 78.4 Å². The zero-order valence-electron chi connectivity index (χ0n) is 13.1. The van der Waals surface area contributed by atoms with Gasteiger partial charge in [-0.3, -0.25) is 4.79 Å². The van der Waals surface area contributed by atoms with E-state index in [-0.39, 0.29) is 0 Å². The maximum Gasteiger partial charge on any atom is 0.437 e. The van der Waals surface area contributed by atoms with Crippen LogP contribution >= 0.6 is 0 Å². The second-order valence-electron chi connectivity index (χ2n) is 6.00. The highest BCUT2D eigenvalue weighted by molar-refractivity contribution is 5.90. The summed E-state index contributed by atoms with van der Waals surface area (Å²) in [5.41, 5.74) is -3.32. The molecule has 8 heteroatoms. The van der Waals surface area contributed by atoms with Crippen LogP contribution in [0.5, 0.6) is 0 Å². The fourth-order valence-corrected chi connectivity index (χ4v) is 3.31. The third kappa shape index (κ3) is 2.72. The second-order valence-corrected chi connectivity index (χ2v) is 6.00. The molecule has 1 fully saturated rings. The first-order valence-corrected chi connectivity index (χ1v) is 7.51. The molecule has 3 rings (SSSR count). The Kier molecular flexibility index (Phi) is 3.95. The van der Waals surface area contributed by atoms with E-state index in [9.17, 15) is 27.9 Å². The minimum Gasteiger partial charge on any atom is -0.363 e. The number of hydrogen-bond acceptors (Lipinski definition) is 3. The van der Waals surface area contributed by atoms with Crippen LogP contribution in [0.1, 0.15) is 18.5 Å². The normalized spacial score (nSPS) is 26.8. The van der Waals surface area contributed by atoms with E-state index in [1.54, 1.807) is 36.4 Å². The molecule has 0 spiro atoms. The lowest BCUT2D eigenvalue weighted by atomic mass is 9.78. The van der Waals surface area contributed by atoms with Crippen LogP contribution in [0.25, 0.3) is 10.8 Å². The molecule has 0 bridgehead atoms. The smallest absolute Gasteiger partial charge is 0.363 e. The van der Waals surface area contributed by atoms with Crippen molar-refractivity contribution in [2.24, 2.45) is 5.92 Å². The van der Waals surface area contributed by atoms with Gasteiger partial charge in [-0.1, -0.05) is 42.5 Å². The Labute approximate surface area is 140 Å². The molecule has 1 aliphatic rings. The van der Waals surface area contributed by atoms with Gasteiger partial charge in [0.25, 0.3) is 0 Å². The molecule has 1 aliphatic heterocycles. The molecule has 0 radical (unpaired) electrons. The van der Waals surface area contributed by atoms with Gasteiger partial charge < -0.3 is 15.7 Å². The molecule has 0 aliphatic carbocycles. The lowest BCUT2D eigenvalue weighted by Gasteiger charge is -2.44. The van der Waals surface area contributed by atoms with Crippen LogP contribution in [0.3, 0.4) is 0 Å². The Balaban J connectivity index is 2.22. The summed E-state index contributed by atoms with van der Waals surface area (Å²) >= 11 is 0. The van der Waals surface area contributed by atoms with E-state index in [0.717, 1.165) is 12.3 Å². The monoisotopic (exact) mass is 352 g/mol. The van der Waals surface area contributed by atoms with E-state index >= 15 is 0 Å². The first kappa shape index (κ1) is 17.2. The number of benzene rings is 2. The fourth-order valence-electron chi connectivity index (χ4n) is 3.31. The second kappa shape index (κ2) is 5.73. The summed E-state index contributed by atoms with van der Waals surface area (Å²) in [6.45, 7) is 0.957. The summed E-state index contributed by atoms with van der Waals surface area (Å²) in [6.07, 6.45) is -5.22. The van der Waals surface area contributed by atoms with Crippen molar-refractivity contribution < 1.29 is 27.9 Å². The quantitative estimate of drug-likeness (QED) is 0.778. The van der Waals surface area contributed by atoms with Gasteiger partial charge in [0, 0.05) is 0 Å². The number of fused-ring (bicyclic) bond motifs is 1. The van der Waals surface area contributed by atoms with Crippen LogP contribution in [0, 0.1) is 5.92 Å². The molecule has 3 N–H and O–H groups in total. The Hall–Kier alpha value is -2.61. The summed E-state index contributed by atoms with van der Waals surface area (Å²) in [4.78, 5) is 23.9. The highest BCUT2D eigenvalue weighted by Gasteiger charge is 2.65. The highest BCUT2D eigenvalue weighted by Crippen LogP contribution is 2.43. The molecule has 0 unspecified atom stereocenters. The van der Waals surface area contributed by atoms with Crippen molar-refractivity contribution in [2.75, 3.05) is 0 Å². The Morgan fingerprint density at radius 2 is 1.80 bits per heavy atom. The van der Waals surface area contributed by atoms with E-state index in [4.69, 9.17) is 0 Å². The number of halogens is 3. The third-order valence-corrected chi connectivity index (χ3v) is 4.40. The molecule has 3 atom stereocenters.